The van der Waals surface area contributed by atoms with Crippen LogP contribution in [0.1, 0.15) is 84.8 Å². The average molecular weight is 332 g/mol. The predicted molar refractivity (Wildman–Crippen MR) is 103 cm³/mol. The molecular formula is C22H37NO. The maximum Gasteiger partial charge on any atom is 0.120 e. The van der Waals surface area contributed by atoms with Crippen LogP contribution in [0.5, 0.6) is 5.75 Å². The molecule has 1 aliphatic rings. The molecule has 2 N–H and O–H groups in total. The van der Waals surface area contributed by atoms with E-state index in [1.54, 1.807) is 0 Å². The highest BCUT2D eigenvalue weighted by Gasteiger charge is 2.29. The molecule has 2 nitrogen and oxygen atoms in total. The Morgan fingerprint density at radius 2 is 1.67 bits per heavy atom. The standard InChI is InChI=1S/C22H37NO/c1-7-22(5,6)18-10-13-20(24)16(14-18)15-23-19-11-8-17(9-12-19)21(2,3)4/h10,13-14,17,19,23-24H,7-9,11-12,15H2,1-6H3/t17-,19-. The summed E-state index contributed by atoms with van der Waals surface area (Å²) in [5.74, 6) is 1.26. The highest BCUT2D eigenvalue weighted by Crippen LogP contribution is 2.38. The van der Waals surface area contributed by atoms with Crippen LogP contribution in [0.4, 0.5) is 0 Å². The second-order valence-corrected chi connectivity index (χ2v) is 9.38. The van der Waals surface area contributed by atoms with E-state index in [9.17, 15) is 5.11 Å². The molecule has 1 aliphatic carbocycles. The number of aromatic hydroxyl groups is 1. The fraction of sp³-hybridized carbons (Fsp3) is 0.727. The van der Waals surface area contributed by atoms with Crippen molar-refractivity contribution in [2.75, 3.05) is 0 Å². The van der Waals surface area contributed by atoms with Crippen LogP contribution >= 0.6 is 0 Å². The predicted octanol–water partition coefficient (Wildman–Crippen LogP) is 5.77. The van der Waals surface area contributed by atoms with Gasteiger partial charge in [-0.1, -0.05) is 53.7 Å². The molecule has 0 bridgehead atoms. The van der Waals surface area contributed by atoms with Crippen molar-refractivity contribution in [3.8, 4) is 5.75 Å². The number of benzene rings is 1. The van der Waals surface area contributed by atoms with Crippen LogP contribution < -0.4 is 5.32 Å². The lowest BCUT2D eigenvalue weighted by Gasteiger charge is -2.37. The Morgan fingerprint density at radius 3 is 2.21 bits per heavy atom. The summed E-state index contributed by atoms with van der Waals surface area (Å²) in [4.78, 5) is 0. The number of nitrogens with one attached hydrogen (secondary N) is 1. The Labute approximate surface area is 149 Å². The minimum atomic E-state index is 0.160. The van der Waals surface area contributed by atoms with Crippen LogP contribution in [0, 0.1) is 11.3 Å². The van der Waals surface area contributed by atoms with Gasteiger partial charge in [-0.25, -0.2) is 0 Å². The van der Waals surface area contributed by atoms with E-state index < -0.39 is 0 Å². The number of phenolic OH excluding ortho intramolecular Hbond substituents is 1. The summed E-state index contributed by atoms with van der Waals surface area (Å²) in [6.07, 6.45) is 6.24. The maximum absolute atomic E-state index is 10.2. The van der Waals surface area contributed by atoms with E-state index in [-0.39, 0.29) is 5.41 Å². The first-order valence-corrected chi connectivity index (χ1v) is 9.69. The van der Waals surface area contributed by atoms with Gasteiger partial charge in [-0.05, 0) is 60.5 Å². The summed E-state index contributed by atoms with van der Waals surface area (Å²) < 4.78 is 0. The number of hydrogen-bond donors (Lipinski definition) is 2. The Morgan fingerprint density at radius 1 is 1.04 bits per heavy atom. The molecule has 0 unspecified atom stereocenters. The molecule has 0 heterocycles. The summed E-state index contributed by atoms with van der Waals surface area (Å²) in [7, 11) is 0. The summed E-state index contributed by atoms with van der Waals surface area (Å²) in [5, 5.41) is 13.9. The van der Waals surface area contributed by atoms with Gasteiger partial charge in [-0.3, -0.25) is 0 Å². The summed E-state index contributed by atoms with van der Waals surface area (Å²) in [6, 6.07) is 6.70. The maximum atomic E-state index is 10.2. The normalized spacial score (nSPS) is 22.6. The molecule has 0 atom stereocenters. The van der Waals surface area contributed by atoms with Crippen molar-refractivity contribution in [1.29, 1.82) is 0 Å². The topological polar surface area (TPSA) is 32.3 Å². The van der Waals surface area contributed by atoms with Crippen molar-refractivity contribution in [3.05, 3.63) is 29.3 Å². The molecule has 0 radical (unpaired) electrons. The fourth-order valence-corrected chi connectivity index (χ4v) is 3.77. The van der Waals surface area contributed by atoms with Gasteiger partial charge in [0.1, 0.15) is 5.75 Å². The van der Waals surface area contributed by atoms with Crippen molar-refractivity contribution < 1.29 is 5.11 Å². The van der Waals surface area contributed by atoms with Gasteiger partial charge in [0.25, 0.3) is 0 Å². The van der Waals surface area contributed by atoms with Crippen LogP contribution in [0.2, 0.25) is 0 Å². The quantitative estimate of drug-likeness (QED) is 0.717. The smallest absolute Gasteiger partial charge is 0.120 e. The second kappa shape index (κ2) is 7.47. The zero-order valence-electron chi connectivity index (χ0n) is 16.6. The van der Waals surface area contributed by atoms with Gasteiger partial charge >= 0.3 is 0 Å². The average Bonchev–Trinajstić information content (AvgIpc) is 2.53. The third kappa shape index (κ3) is 4.75. The molecule has 1 fully saturated rings. The monoisotopic (exact) mass is 331 g/mol. The fourth-order valence-electron chi connectivity index (χ4n) is 3.77. The lowest BCUT2D eigenvalue weighted by Crippen LogP contribution is -2.35. The van der Waals surface area contributed by atoms with Gasteiger partial charge in [-0.2, -0.15) is 0 Å². The molecule has 2 rings (SSSR count). The summed E-state index contributed by atoms with van der Waals surface area (Å²) in [6.45, 7) is 14.6. The van der Waals surface area contributed by atoms with Gasteiger partial charge < -0.3 is 10.4 Å². The number of phenols is 1. The molecule has 0 spiro atoms. The van der Waals surface area contributed by atoms with E-state index in [1.807, 2.05) is 6.07 Å². The summed E-state index contributed by atoms with van der Waals surface area (Å²) >= 11 is 0. The van der Waals surface area contributed by atoms with E-state index in [0.29, 0.717) is 17.2 Å². The molecule has 1 aromatic rings. The van der Waals surface area contributed by atoms with E-state index in [2.05, 4.69) is 59.0 Å². The van der Waals surface area contributed by atoms with Crippen molar-refractivity contribution in [3.63, 3.8) is 0 Å². The number of hydrogen-bond acceptors (Lipinski definition) is 2. The summed E-state index contributed by atoms with van der Waals surface area (Å²) in [5.41, 5.74) is 2.94. The molecule has 0 aromatic heterocycles. The molecule has 0 saturated heterocycles. The Balaban J connectivity index is 1.94. The van der Waals surface area contributed by atoms with Crippen molar-refractivity contribution >= 4 is 0 Å². The molecule has 1 saturated carbocycles. The molecular weight excluding hydrogens is 294 g/mol. The Bertz CT molecular complexity index is 533. The van der Waals surface area contributed by atoms with Crippen LogP contribution in [0.15, 0.2) is 18.2 Å². The van der Waals surface area contributed by atoms with E-state index in [4.69, 9.17) is 0 Å². The third-order valence-corrected chi connectivity index (χ3v) is 6.28. The van der Waals surface area contributed by atoms with Gasteiger partial charge in [0.15, 0.2) is 0 Å². The highest BCUT2D eigenvalue weighted by molar-refractivity contribution is 5.39. The van der Waals surface area contributed by atoms with Crippen molar-refractivity contribution in [1.82, 2.24) is 5.32 Å². The highest BCUT2D eigenvalue weighted by atomic mass is 16.3. The molecule has 0 amide bonds. The molecule has 0 aliphatic heterocycles. The third-order valence-electron chi connectivity index (χ3n) is 6.28. The Kier molecular flexibility index (Phi) is 6.01. The van der Waals surface area contributed by atoms with Gasteiger partial charge in [0, 0.05) is 18.2 Å². The van der Waals surface area contributed by atoms with Gasteiger partial charge in [0.2, 0.25) is 0 Å². The SMILES string of the molecule is CCC(C)(C)c1ccc(O)c(CN[C@H]2CC[C@H](C(C)(C)C)CC2)c1. The molecule has 2 heteroatoms. The van der Waals surface area contributed by atoms with Crippen LogP contribution in [0.25, 0.3) is 0 Å². The Hall–Kier alpha value is -1.02. The lowest BCUT2D eigenvalue weighted by atomic mass is 9.71. The van der Waals surface area contributed by atoms with Crippen molar-refractivity contribution in [2.24, 2.45) is 11.3 Å². The van der Waals surface area contributed by atoms with Gasteiger partial charge in [-0.15, -0.1) is 0 Å². The minimum Gasteiger partial charge on any atom is -0.508 e. The first-order valence-electron chi connectivity index (χ1n) is 9.69. The van der Waals surface area contributed by atoms with Crippen LogP contribution in [-0.4, -0.2) is 11.1 Å². The zero-order valence-corrected chi connectivity index (χ0v) is 16.6. The second-order valence-electron chi connectivity index (χ2n) is 9.38. The zero-order chi connectivity index (χ0) is 18.0. The lowest BCUT2D eigenvalue weighted by molar-refractivity contribution is 0.160. The first kappa shape index (κ1) is 19.3. The molecule has 136 valence electrons. The molecule has 24 heavy (non-hydrogen) atoms. The minimum absolute atomic E-state index is 0.160. The van der Waals surface area contributed by atoms with Crippen molar-refractivity contribution in [2.45, 2.75) is 91.6 Å². The number of rotatable bonds is 5. The van der Waals surface area contributed by atoms with Gasteiger partial charge in [0.05, 0.1) is 0 Å². The largest absolute Gasteiger partial charge is 0.508 e. The first-order chi connectivity index (χ1) is 11.1. The van der Waals surface area contributed by atoms with Crippen LogP contribution in [-0.2, 0) is 12.0 Å². The van der Waals surface area contributed by atoms with E-state index in [1.165, 1.54) is 31.2 Å². The van der Waals surface area contributed by atoms with E-state index in [0.717, 1.165) is 24.4 Å². The van der Waals surface area contributed by atoms with Crippen LogP contribution in [0.3, 0.4) is 0 Å². The van der Waals surface area contributed by atoms with E-state index >= 15 is 0 Å². The molecule has 1 aromatic carbocycles.